The molecular formula is C11H11BrN2O2S. The maximum Gasteiger partial charge on any atom is 0.306 e. The molecule has 2 heterocycles. The molecule has 6 heteroatoms. The summed E-state index contributed by atoms with van der Waals surface area (Å²) in [5.74, 6) is -0.523. The number of carbonyl (C=O) groups is 1. The van der Waals surface area contributed by atoms with Crippen LogP contribution in [-0.4, -0.2) is 21.0 Å². The molecule has 0 amide bonds. The quantitative estimate of drug-likeness (QED) is 0.911. The van der Waals surface area contributed by atoms with E-state index in [1.807, 2.05) is 12.1 Å². The molecule has 0 bridgehead atoms. The predicted molar refractivity (Wildman–Crippen MR) is 70.1 cm³/mol. The first-order valence-corrected chi connectivity index (χ1v) is 6.69. The number of halogens is 1. The van der Waals surface area contributed by atoms with E-state index in [1.54, 1.807) is 24.5 Å². The first-order valence-electron chi connectivity index (χ1n) is 5.08. The minimum Gasteiger partial charge on any atom is -0.481 e. The van der Waals surface area contributed by atoms with Crippen LogP contribution in [0, 0.1) is 5.92 Å². The Kier molecular flexibility index (Phi) is 3.63. The number of nitrogens with zero attached hydrogens (tertiary/aromatic N) is 1. The van der Waals surface area contributed by atoms with Gasteiger partial charge in [0.1, 0.15) is 5.82 Å². The SMILES string of the molecule is CC(Cc1ncc(-c2ccc(Br)s2)[nH]1)C(=O)O. The van der Waals surface area contributed by atoms with Crippen LogP contribution in [0.4, 0.5) is 0 Å². The van der Waals surface area contributed by atoms with Crippen molar-refractivity contribution >= 4 is 33.2 Å². The summed E-state index contributed by atoms with van der Waals surface area (Å²) in [5, 5.41) is 8.82. The van der Waals surface area contributed by atoms with Crippen LogP contribution in [0.1, 0.15) is 12.7 Å². The number of aromatic nitrogens is 2. The maximum absolute atomic E-state index is 10.7. The largest absolute Gasteiger partial charge is 0.481 e. The molecule has 90 valence electrons. The standard InChI is InChI=1S/C11H11BrN2O2S/c1-6(11(15)16)4-10-13-5-7(14-10)8-2-3-9(12)17-8/h2-3,5-6H,4H2,1H3,(H,13,14)(H,15,16). The average molecular weight is 315 g/mol. The van der Waals surface area contributed by atoms with Crippen molar-refractivity contribution in [2.75, 3.05) is 0 Å². The van der Waals surface area contributed by atoms with Gasteiger partial charge in [-0.25, -0.2) is 4.98 Å². The Labute approximate surface area is 111 Å². The van der Waals surface area contributed by atoms with Crippen molar-refractivity contribution in [3.8, 4) is 10.6 Å². The molecule has 1 atom stereocenters. The minimum atomic E-state index is -0.804. The molecule has 2 N–H and O–H groups in total. The fraction of sp³-hybridized carbons (Fsp3) is 0.273. The van der Waals surface area contributed by atoms with Crippen LogP contribution in [0.25, 0.3) is 10.6 Å². The second-order valence-corrected chi connectivity index (χ2v) is 6.25. The van der Waals surface area contributed by atoms with E-state index in [0.29, 0.717) is 12.2 Å². The molecular weight excluding hydrogens is 304 g/mol. The fourth-order valence-electron chi connectivity index (χ4n) is 1.43. The number of aromatic amines is 1. The minimum absolute atomic E-state index is 0.419. The van der Waals surface area contributed by atoms with Crippen molar-refractivity contribution < 1.29 is 9.90 Å². The summed E-state index contributed by atoms with van der Waals surface area (Å²) in [5.41, 5.74) is 0.924. The summed E-state index contributed by atoms with van der Waals surface area (Å²) in [4.78, 5) is 19.2. The van der Waals surface area contributed by atoms with E-state index in [-0.39, 0.29) is 0 Å². The Hall–Kier alpha value is -1.14. The number of nitrogens with one attached hydrogen (secondary N) is 1. The Morgan fingerprint density at radius 3 is 3.00 bits per heavy atom. The van der Waals surface area contributed by atoms with Crippen molar-refractivity contribution in [2.24, 2.45) is 5.92 Å². The highest BCUT2D eigenvalue weighted by atomic mass is 79.9. The first-order chi connectivity index (χ1) is 8.06. The maximum atomic E-state index is 10.7. The van der Waals surface area contributed by atoms with Gasteiger partial charge in [0.05, 0.1) is 26.5 Å². The average Bonchev–Trinajstić information content (AvgIpc) is 2.86. The van der Waals surface area contributed by atoms with Gasteiger partial charge < -0.3 is 10.1 Å². The van der Waals surface area contributed by atoms with Gasteiger partial charge in [0.15, 0.2) is 0 Å². The normalized spacial score (nSPS) is 12.6. The molecule has 1 unspecified atom stereocenters. The van der Waals surface area contributed by atoms with Crippen LogP contribution in [0.2, 0.25) is 0 Å². The van der Waals surface area contributed by atoms with E-state index in [9.17, 15) is 4.79 Å². The topological polar surface area (TPSA) is 66.0 Å². The van der Waals surface area contributed by atoms with Gasteiger partial charge in [-0.1, -0.05) is 6.92 Å². The Balaban J connectivity index is 2.13. The van der Waals surface area contributed by atoms with E-state index in [4.69, 9.17) is 5.11 Å². The summed E-state index contributed by atoms with van der Waals surface area (Å²) in [7, 11) is 0. The number of hydrogen-bond donors (Lipinski definition) is 2. The molecule has 0 fully saturated rings. The van der Waals surface area contributed by atoms with Gasteiger partial charge in [-0.15, -0.1) is 11.3 Å². The summed E-state index contributed by atoms with van der Waals surface area (Å²) in [6, 6.07) is 3.97. The van der Waals surface area contributed by atoms with Crippen molar-refractivity contribution in [1.82, 2.24) is 9.97 Å². The highest BCUT2D eigenvalue weighted by molar-refractivity contribution is 9.11. The highest BCUT2D eigenvalue weighted by Crippen LogP contribution is 2.30. The zero-order valence-electron chi connectivity index (χ0n) is 9.11. The molecule has 0 aliphatic heterocycles. The second-order valence-electron chi connectivity index (χ2n) is 3.79. The number of imidazole rings is 1. The lowest BCUT2D eigenvalue weighted by molar-refractivity contribution is -0.141. The Bertz CT molecular complexity index is 535. The van der Waals surface area contributed by atoms with Crippen molar-refractivity contribution in [1.29, 1.82) is 0 Å². The number of hydrogen-bond acceptors (Lipinski definition) is 3. The van der Waals surface area contributed by atoms with Gasteiger partial charge in [-0.2, -0.15) is 0 Å². The van der Waals surface area contributed by atoms with Gasteiger partial charge in [0.25, 0.3) is 0 Å². The molecule has 2 rings (SSSR count). The monoisotopic (exact) mass is 314 g/mol. The van der Waals surface area contributed by atoms with E-state index < -0.39 is 11.9 Å². The number of rotatable bonds is 4. The summed E-state index contributed by atoms with van der Waals surface area (Å²) >= 11 is 5.01. The summed E-state index contributed by atoms with van der Waals surface area (Å²) in [6.07, 6.45) is 2.16. The Morgan fingerprint density at radius 2 is 2.41 bits per heavy atom. The van der Waals surface area contributed by atoms with Crippen molar-refractivity contribution in [3.63, 3.8) is 0 Å². The number of thiophene rings is 1. The smallest absolute Gasteiger partial charge is 0.306 e. The third-order valence-corrected chi connectivity index (χ3v) is 4.05. The van der Waals surface area contributed by atoms with Crippen molar-refractivity contribution in [3.05, 3.63) is 27.9 Å². The van der Waals surface area contributed by atoms with Crippen molar-refractivity contribution in [2.45, 2.75) is 13.3 Å². The summed E-state index contributed by atoms with van der Waals surface area (Å²) < 4.78 is 1.06. The third kappa shape index (κ3) is 2.95. The lowest BCUT2D eigenvalue weighted by atomic mass is 10.1. The van der Waals surface area contributed by atoms with E-state index in [1.165, 1.54) is 0 Å². The zero-order valence-corrected chi connectivity index (χ0v) is 11.5. The predicted octanol–water partition coefficient (Wildman–Crippen LogP) is 3.16. The van der Waals surface area contributed by atoms with Gasteiger partial charge in [-0.3, -0.25) is 4.79 Å². The molecule has 0 saturated carbocycles. The molecule has 2 aromatic heterocycles. The van der Waals surface area contributed by atoms with Crippen LogP contribution in [0.3, 0.4) is 0 Å². The number of H-pyrrole nitrogens is 1. The second kappa shape index (κ2) is 5.01. The van der Waals surface area contributed by atoms with E-state index in [0.717, 1.165) is 14.4 Å². The van der Waals surface area contributed by atoms with E-state index in [2.05, 4.69) is 25.9 Å². The zero-order chi connectivity index (χ0) is 12.4. The molecule has 17 heavy (non-hydrogen) atoms. The van der Waals surface area contributed by atoms with Crippen LogP contribution in [0.5, 0.6) is 0 Å². The molecule has 4 nitrogen and oxygen atoms in total. The number of carboxylic acids is 1. The molecule has 0 saturated heterocycles. The summed E-state index contributed by atoms with van der Waals surface area (Å²) in [6.45, 7) is 1.67. The molecule has 0 aliphatic carbocycles. The van der Waals surface area contributed by atoms with E-state index >= 15 is 0 Å². The van der Waals surface area contributed by atoms with Gasteiger partial charge >= 0.3 is 5.97 Å². The van der Waals surface area contributed by atoms with Gasteiger partial charge in [-0.05, 0) is 28.1 Å². The number of aliphatic carboxylic acids is 1. The van der Waals surface area contributed by atoms with Crippen LogP contribution in [-0.2, 0) is 11.2 Å². The van der Waals surface area contributed by atoms with Crippen LogP contribution in [0.15, 0.2) is 22.1 Å². The first kappa shape index (κ1) is 12.3. The molecule has 0 radical (unpaired) electrons. The number of carboxylic acid groups (broad SMARTS) is 1. The van der Waals surface area contributed by atoms with Gasteiger partial charge in [0.2, 0.25) is 0 Å². The molecule has 0 aliphatic rings. The van der Waals surface area contributed by atoms with Gasteiger partial charge in [0, 0.05) is 6.42 Å². The Morgan fingerprint density at radius 1 is 1.65 bits per heavy atom. The van der Waals surface area contributed by atoms with Crippen LogP contribution < -0.4 is 0 Å². The third-order valence-electron chi connectivity index (χ3n) is 2.39. The lowest BCUT2D eigenvalue weighted by Crippen LogP contribution is -2.12. The lowest BCUT2D eigenvalue weighted by Gasteiger charge is -2.01. The molecule has 2 aromatic rings. The highest BCUT2D eigenvalue weighted by Gasteiger charge is 2.14. The van der Waals surface area contributed by atoms with Crippen LogP contribution >= 0.6 is 27.3 Å². The molecule has 0 spiro atoms. The fourth-order valence-corrected chi connectivity index (χ4v) is 2.78. The molecule has 0 aromatic carbocycles.